The third kappa shape index (κ3) is 1.99. The summed E-state index contributed by atoms with van der Waals surface area (Å²) >= 11 is 0. The molecule has 0 amide bonds. The molecule has 0 unspecified atom stereocenters. The molecule has 78 valence electrons. The first-order chi connectivity index (χ1) is 7.31. The Bertz CT molecular complexity index is 488. The Morgan fingerprint density at radius 3 is 3.20 bits per heavy atom. The Morgan fingerprint density at radius 2 is 2.40 bits per heavy atom. The lowest BCUT2D eigenvalue weighted by atomic mass is 10.2. The van der Waals surface area contributed by atoms with Crippen molar-refractivity contribution in [3.05, 3.63) is 42.0 Å². The van der Waals surface area contributed by atoms with Crippen LogP contribution in [0.5, 0.6) is 0 Å². The molecule has 0 bridgehead atoms. The zero-order valence-electron chi connectivity index (χ0n) is 8.77. The molecule has 1 N–H and O–H groups in total. The molecule has 0 atom stereocenters. The average molecular weight is 203 g/mol. The van der Waals surface area contributed by atoms with Crippen molar-refractivity contribution in [3.63, 3.8) is 0 Å². The highest BCUT2D eigenvalue weighted by atomic mass is 16.6. The molecule has 4 nitrogen and oxygen atoms in total. The minimum absolute atomic E-state index is 0.951. The normalized spacial score (nSPS) is 11.3. The number of pyridine rings is 1. The van der Waals surface area contributed by atoms with Gasteiger partial charge in [-0.3, -0.25) is 10.3 Å². The van der Waals surface area contributed by atoms with E-state index in [-0.39, 0.29) is 0 Å². The standard InChI is InChI=1S/C11H13N3O/c1-9-8-12-11-7-10(3-5-13-15-2)4-6-14(9)11/h3-8,13H,1-2H3/b5-3+. The van der Waals surface area contributed by atoms with Gasteiger partial charge in [-0.15, -0.1) is 0 Å². The highest BCUT2D eigenvalue weighted by Crippen LogP contribution is 2.09. The van der Waals surface area contributed by atoms with Crippen LogP contribution in [0.25, 0.3) is 11.7 Å². The van der Waals surface area contributed by atoms with Gasteiger partial charge in [0, 0.05) is 24.3 Å². The van der Waals surface area contributed by atoms with Crippen LogP contribution < -0.4 is 5.48 Å². The van der Waals surface area contributed by atoms with E-state index < -0.39 is 0 Å². The highest BCUT2D eigenvalue weighted by Gasteiger charge is 1.97. The summed E-state index contributed by atoms with van der Waals surface area (Å²) in [5.74, 6) is 0. The molecular formula is C11H13N3O. The molecular weight excluding hydrogens is 190 g/mol. The molecule has 0 saturated carbocycles. The molecule has 2 aromatic rings. The van der Waals surface area contributed by atoms with Gasteiger partial charge in [-0.05, 0) is 30.7 Å². The molecule has 0 fully saturated rings. The number of imidazole rings is 1. The predicted octanol–water partition coefficient (Wildman–Crippen LogP) is 1.76. The predicted molar refractivity (Wildman–Crippen MR) is 59.1 cm³/mol. The zero-order chi connectivity index (χ0) is 10.7. The van der Waals surface area contributed by atoms with Crippen LogP contribution >= 0.6 is 0 Å². The molecule has 0 spiro atoms. The number of hydrogen-bond donors (Lipinski definition) is 1. The van der Waals surface area contributed by atoms with E-state index in [9.17, 15) is 0 Å². The van der Waals surface area contributed by atoms with Gasteiger partial charge in [-0.25, -0.2) is 4.98 Å². The number of nitrogens with one attached hydrogen (secondary N) is 1. The van der Waals surface area contributed by atoms with Gasteiger partial charge in [-0.2, -0.15) is 0 Å². The fraction of sp³-hybridized carbons (Fsp3) is 0.182. The summed E-state index contributed by atoms with van der Waals surface area (Å²) in [5, 5.41) is 0. The van der Waals surface area contributed by atoms with Crippen molar-refractivity contribution in [3.8, 4) is 0 Å². The van der Waals surface area contributed by atoms with Crippen LogP contribution in [0.3, 0.4) is 0 Å². The molecule has 2 aromatic heterocycles. The van der Waals surface area contributed by atoms with Gasteiger partial charge in [-0.1, -0.05) is 0 Å². The molecule has 0 aliphatic rings. The number of hydroxylamine groups is 1. The molecule has 0 saturated heterocycles. The van der Waals surface area contributed by atoms with Crippen molar-refractivity contribution < 1.29 is 4.84 Å². The number of rotatable bonds is 3. The molecule has 0 radical (unpaired) electrons. The molecule has 2 rings (SSSR count). The van der Waals surface area contributed by atoms with E-state index in [1.54, 1.807) is 13.3 Å². The summed E-state index contributed by atoms with van der Waals surface area (Å²) in [4.78, 5) is 8.98. The third-order valence-electron chi connectivity index (χ3n) is 2.18. The van der Waals surface area contributed by atoms with E-state index in [1.807, 2.05) is 41.9 Å². The topological polar surface area (TPSA) is 38.6 Å². The van der Waals surface area contributed by atoms with Crippen LogP contribution in [0.4, 0.5) is 0 Å². The minimum Gasteiger partial charge on any atom is -0.304 e. The van der Waals surface area contributed by atoms with Crippen LogP contribution in [-0.2, 0) is 4.84 Å². The summed E-state index contributed by atoms with van der Waals surface area (Å²) in [7, 11) is 1.57. The Morgan fingerprint density at radius 1 is 1.53 bits per heavy atom. The van der Waals surface area contributed by atoms with Crippen molar-refractivity contribution in [2.45, 2.75) is 6.92 Å². The monoisotopic (exact) mass is 203 g/mol. The van der Waals surface area contributed by atoms with E-state index in [4.69, 9.17) is 4.84 Å². The van der Waals surface area contributed by atoms with Gasteiger partial charge in [0.2, 0.25) is 0 Å². The summed E-state index contributed by atoms with van der Waals surface area (Å²) in [6.07, 6.45) is 7.52. The van der Waals surface area contributed by atoms with Crippen LogP contribution in [-0.4, -0.2) is 16.5 Å². The lowest BCUT2D eigenvalue weighted by molar-refractivity contribution is 0.129. The Balaban J connectivity index is 2.31. The Labute approximate surface area is 88.2 Å². The average Bonchev–Trinajstić information content (AvgIpc) is 2.61. The van der Waals surface area contributed by atoms with E-state index in [1.165, 1.54) is 0 Å². The van der Waals surface area contributed by atoms with Crippen LogP contribution in [0, 0.1) is 6.92 Å². The minimum atomic E-state index is 0.951. The smallest absolute Gasteiger partial charge is 0.137 e. The maximum absolute atomic E-state index is 4.70. The van der Waals surface area contributed by atoms with Gasteiger partial charge in [0.05, 0.1) is 7.11 Å². The number of nitrogens with zero attached hydrogens (tertiary/aromatic N) is 2. The van der Waals surface area contributed by atoms with Gasteiger partial charge in [0.1, 0.15) is 5.65 Å². The third-order valence-corrected chi connectivity index (χ3v) is 2.18. The number of aromatic nitrogens is 2. The molecule has 0 aliphatic heterocycles. The maximum atomic E-state index is 4.70. The van der Waals surface area contributed by atoms with Crippen molar-refractivity contribution in [2.24, 2.45) is 0 Å². The summed E-state index contributed by atoms with van der Waals surface area (Å²) in [6.45, 7) is 2.03. The van der Waals surface area contributed by atoms with E-state index >= 15 is 0 Å². The van der Waals surface area contributed by atoms with Gasteiger partial charge in [0.15, 0.2) is 0 Å². The summed E-state index contributed by atoms with van der Waals surface area (Å²) in [5.41, 5.74) is 5.81. The molecule has 0 aromatic carbocycles. The van der Waals surface area contributed by atoms with Crippen LogP contribution in [0.15, 0.2) is 30.7 Å². The SMILES string of the molecule is CON/C=C/c1ccn2c(C)cnc2c1. The first-order valence-electron chi connectivity index (χ1n) is 4.70. The Hall–Kier alpha value is -1.81. The van der Waals surface area contributed by atoms with Gasteiger partial charge >= 0.3 is 0 Å². The first kappa shape index (κ1) is 9.73. The number of hydrogen-bond acceptors (Lipinski definition) is 3. The summed E-state index contributed by atoms with van der Waals surface area (Å²) in [6, 6.07) is 4.04. The molecule has 15 heavy (non-hydrogen) atoms. The van der Waals surface area contributed by atoms with E-state index in [2.05, 4.69) is 10.5 Å². The maximum Gasteiger partial charge on any atom is 0.137 e. The number of aryl methyl sites for hydroxylation is 1. The molecule has 2 heterocycles. The second kappa shape index (κ2) is 4.14. The zero-order valence-corrected chi connectivity index (χ0v) is 8.77. The molecule has 4 heteroatoms. The molecule has 0 aliphatic carbocycles. The fourth-order valence-corrected chi connectivity index (χ4v) is 1.43. The van der Waals surface area contributed by atoms with E-state index in [0.29, 0.717) is 0 Å². The van der Waals surface area contributed by atoms with E-state index in [0.717, 1.165) is 16.9 Å². The second-order valence-electron chi connectivity index (χ2n) is 3.24. The summed E-state index contributed by atoms with van der Waals surface area (Å²) < 4.78 is 2.04. The quantitative estimate of drug-likeness (QED) is 0.772. The lowest BCUT2D eigenvalue weighted by Crippen LogP contribution is -1.99. The highest BCUT2D eigenvalue weighted by molar-refractivity contribution is 5.55. The largest absolute Gasteiger partial charge is 0.304 e. The van der Waals surface area contributed by atoms with Crippen molar-refractivity contribution >= 4 is 11.7 Å². The van der Waals surface area contributed by atoms with Gasteiger partial charge < -0.3 is 4.40 Å². The van der Waals surface area contributed by atoms with Crippen molar-refractivity contribution in [1.29, 1.82) is 0 Å². The lowest BCUT2D eigenvalue weighted by Gasteiger charge is -1.98. The van der Waals surface area contributed by atoms with Crippen molar-refractivity contribution in [1.82, 2.24) is 14.9 Å². The number of fused-ring (bicyclic) bond motifs is 1. The fourth-order valence-electron chi connectivity index (χ4n) is 1.43. The second-order valence-corrected chi connectivity index (χ2v) is 3.24. The van der Waals surface area contributed by atoms with Gasteiger partial charge in [0.25, 0.3) is 0 Å². The van der Waals surface area contributed by atoms with Crippen LogP contribution in [0.1, 0.15) is 11.3 Å². The first-order valence-corrected chi connectivity index (χ1v) is 4.70. The van der Waals surface area contributed by atoms with Crippen LogP contribution in [0.2, 0.25) is 0 Å². The Kier molecular flexibility index (Phi) is 2.69. The van der Waals surface area contributed by atoms with Crippen molar-refractivity contribution in [2.75, 3.05) is 7.11 Å².